The number of nitriles is 1. The van der Waals surface area contributed by atoms with Crippen LogP contribution in [-0.2, 0) is 7.05 Å². The Morgan fingerprint density at radius 2 is 2.03 bits per heavy atom. The molecule has 4 rings (SSSR count). The zero-order valence-electron chi connectivity index (χ0n) is 16.6. The van der Waals surface area contributed by atoms with Gasteiger partial charge < -0.3 is 14.2 Å². The van der Waals surface area contributed by atoms with Crippen LogP contribution in [0.1, 0.15) is 19.0 Å². The van der Waals surface area contributed by atoms with Crippen molar-refractivity contribution < 1.29 is 13.5 Å². The number of benzene rings is 1. The van der Waals surface area contributed by atoms with Gasteiger partial charge in [-0.05, 0) is 24.3 Å². The molecule has 1 aliphatic rings. The van der Waals surface area contributed by atoms with Gasteiger partial charge in [0, 0.05) is 44.6 Å². The van der Waals surface area contributed by atoms with E-state index in [1.165, 1.54) is 22.8 Å². The summed E-state index contributed by atoms with van der Waals surface area (Å²) in [6, 6.07) is 10.2. The minimum atomic E-state index is -0.726. The molecular formula is C22H20F2N4O2. The second-order valence-corrected chi connectivity index (χ2v) is 7.55. The minimum absolute atomic E-state index is 0.0152. The first-order chi connectivity index (χ1) is 14.4. The molecule has 1 fully saturated rings. The van der Waals surface area contributed by atoms with Crippen molar-refractivity contribution in [1.82, 2.24) is 9.55 Å². The van der Waals surface area contributed by atoms with Crippen molar-refractivity contribution in [2.75, 3.05) is 18.0 Å². The molecule has 6 nitrogen and oxygen atoms in total. The molecule has 0 bridgehead atoms. The summed E-state index contributed by atoms with van der Waals surface area (Å²) in [4.78, 5) is 18.9. The van der Waals surface area contributed by atoms with E-state index >= 15 is 0 Å². The number of aryl methyl sites for hydroxylation is 1. The monoisotopic (exact) mass is 410 g/mol. The molecule has 2 atom stereocenters. The van der Waals surface area contributed by atoms with Crippen LogP contribution in [0.4, 0.5) is 14.5 Å². The fourth-order valence-corrected chi connectivity index (χ4v) is 3.87. The number of aromatic nitrogens is 2. The van der Waals surface area contributed by atoms with Crippen molar-refractivity contribution in [2.45, 2.75) is 19.4 Å². The summed E-state index contributed by atoms with van der Waals surface area (Å²) in [5.41, 5.74) is 2.02. The number of rotatable bonds is 3. The van der Waals surface area contributed by atoms with Crippen LogP contribution in [0.3, 0.4) is 0 Å². The molecule has 0 saturated carbocycles. The van der Waals surface area contributed by atoms with Gasteiger partial charge in [-0.25, -0.2) is 13.8 Å². The summed E-state index contributed by atoms with van der Waals surface area (Å²) in [6.07, 6.45) is 0.341. The first kappa shape index (κ1) is 19.8. The number of fused-ring (bicyclic) bond motifs is 1. The van der Waals surface area contributed by atoms with Gasteiger partial charge in [0.05, 0.1) is 11.2 Å². The lowest BCUT2D eigenvalue weighted by molar-refractivity contribution is 0.116. The summed E-state index contributed by atoms with van der Waals surface area (Å²) in [5, 5.41) is 9.21. The van der Waals surface area contributed by atoms with Crippen LogP contribution in [0, 0.1) is 28.9 Å². The SMILES string of the molecule is C[C@@H]1CN(c2cc(=O)n(C)c3ccc(C#N)nc23)CC[C@H]1Oc1ccc(F)cc1F. The fraction of sp³-hybridized carbons (Fsp3) is 0.318. The summed E-state index contributed by atoms with van der Waals surface area (Å²) in [5.74, 6) is -1.33. The number of pyridine rings is 2. The second kappa shape index (κ2) is 7.75. The highest BCUT2D eigenvalue weighted by molar-refractivity contribution is 5.88. The van der Waals surface area contributed by atoms with E-state index in [1.807, 2.05) is 17.9 Å². The first-order valence-electron chi connectivity index (χ1n) is 9.65. The Morgan fingerprint density at radius 1 is 1.23 bits per heavy atom. The maximum Gasteiger partial charge on any atom is 0.252 e. The molecule has 0 amide bonds. The van der Waals surface area contributed by atoms with Crippen molar-refractivity contribution in [3.8, 4) is 11.8 Å². The molecule has 0 spiro atoms. The Labute approximate surface area is 171 Å². The van der Waals surface area contributed by atoms with Crippen molar-refractivity contribution in [2.24, 2.45) is 13.0 Å². The van der Waals surface area contributed by atoms with E-state index in [0.29, 0.717) is 36.2 Å². The van der Waals surface area contributed by atoms with E-state index in [1.54, 1.807) is 19.2 Å². The molecule has 0 radical (unpaired) electrons. The summed E-state index contributed by atoms with van der Waals surface area (Å²) >= 11 is 0. The van der Waals surface area contributed by atoms with Gasteiger partial charge in [0.1, 0.15) is 29.2 Å². The van der Waals surface area contributed by atoms with Gasteiger partial charge in [0.15, 0.2) is 11.6 Å². The van der Waals surface area contributed by atoms with Crippen LogP contribution < -0.4 is 15.2 Å². The lowest BCUT2D eigenvalue weighted by Gasteiger charge is -2.38. The molecule has 0 aliphatic carbocycles. The number of nitrogens with zero attached hydrogens (tertiary/aromatic N) is 4. The standard InChI is InChI=1S/C22H20F2N4O2/c1-13-12-28(8-7-19(13)30-20-6-3-14(23)9-16(20)24)18-10-21(29)27(2)17-5-4-15(11-25)26-22(17)18/h3-6,9-10,13,19H,7-8,12H2,1-2H3/t13-,19-/m1/s1. The van der Waals surface area contributed by atoms with Crippen molar-refractivity contribution >= 4 is 16.7 Å². The predicted molar refractivity (Wildman–Crippen MR) is 108 cm³/mol. The normalized spacial score (nSPS) is 19.0. The molecule has 2 aromatic heterocycles. The molecule has 30 heavy (non-hydrogen) atoms. The third-order valence-electron chi connectivity index (χ3n) is 5.52. The predicted octanol–water partition coefficient (Wildman–Crippen LogP) is 3.38. The molecular weight excluding hydrogens is 390 g/mol. The highest BCUT2D eigenvalue weighted by Crippen LogP contribution is 2.30. The Bertz CT molecular complexity index is 1220. The third kappa shape index (κ3) is 3.59. The molecule has 1 aromatic carbocycles. The number of halogens is 2. The molecule has 8 heteroatoms. The molecule has 3 heterocycles. The smallest absolute Gasteiger partial charge is 0.252 e. The van der Waals surface area contributed by atoms with E-state index in [-0.39, 0.29) is 29.0 Å². The first-order valence-corrected chi connectivity index (χ1v) is 9.65. The van der Waals surface area contributed by atoms with Gasteiger partial charge in [-0.15, -0.1) is 0 Å². The van der Waals surface area contributed by atoms with E-state index in [9.17, 15) is 18.8 Å². The van der Waals surface area contributed by atoms with E-state index in [0.717, 1.165) is 6.07 Å². The lowest BCUT2D eigenvalue weighted by Crippen LogP contribution is -2.45. The Kier molecular flexibility index (Phi) is 5.12. The maximum absolute atomic E-state index is 14.0. The van der Waals surface area contributed by atoms with Gasteiger partial charge >= 0.3 is 0 Å². The Morgan fingerprint density at radius 3 is 2.73 bits per heavy atom. The topological polar surface area (TPSA) is 71.2 Å². The molecule has 0 N–H and O–H groups in total. The van der Waals surface area contributed by atoms with E-state index in [4.69, 9.17) is 4.74 Å². The number of anilines is 1. The van der Waals surface area contributed by atoms with Crippen LogP contribution in [0.25, 0.3) is 11.0 Å². The van der Waals surface area contributed by atoms with Crippen LogP contribution in [0.5, 0.6) is 5.75 Å². The van der Waals surface area contributed by atoms with Crippen molar-refractivity contribution in [3.63, 3.8) is 0 Å². The zero-order valence-corrected chi connectivity index (χ0v) is 16.6. The Balaban J connectivity index is 1.61. The molecule has 0 unspecified atom stereocenters. The van der Waals surface area contributed by atoms with Crippen LogP contribution in [-0.4, -0.2) is 28.7 Å². The van der Waals surface area contributed by atoms with Crippen LogP contribution in [0.15, 0.2) is 41.2 Å². The average Bonchev–Trinajstić information content (AvgIpc) is 2.73. The van der Waals surface area contributed by atoms with Gasteiger partial charge in [-0.2, -0.15) is 5.26 Å². The molecule has 154 valence electrons. The van der Waals surface area contributed by atoms with Crippen LogP contribution >= 0.6 is 0 Å². The highest BCUT2D eigenvalue weighted by atomic mass is 19.1. The number of piperidine rings is 1. The Hall–Kier alpha value is -3.47. The van der Waals surface area contributed by atoms with Gasteiger partial charge in [0.25, 0.3) is 5.56 Å². The van der Waals surface area contributed by atoms with E-state index < -0.39 is 11.6 Å². The third-order valence-corrected chi connectivity index (χ3v) is 5.52. The van der Waals surface area contributed by atoms with Gasteiger partial charge in [-0.1, -0.05) is 6.92 Å². The van der Waals surface area contributed by atoms with Gasteiger partial charge in [0.2, 0.25) is 0 Å². The van der Waals surface area contributed by atoms with Crippen molar-refractivity contribution in [3.05, 3.63) is 64.1 Å². The summed E-state index contributed by atoms with van der Waals surface area (Å²) in [6.45, 7) is 3.11. The maximum atomic E-state index is 14.0. The molecule has 3 aromatic rings. The molecule has 1 aliphatic heterocycles. The number of ether oxygens (including phenoxy) is 1. The fourth-order valence-electron chi connectivity index (χ4n) is 3.87. The summed E-state index contributed by atoms with van der Waals surface area (Å²) < 4.78 is 34.4. The number of hydrogen-bond donors (Lipinski definition) is 0. The van der Waals surface area contributed by atoms with E-state index in [2.05, 4.69) is 4.98 Å². The largest absolute Gasteiger partial charge is 0.487 e. The average molecular weight is 410 g/mol. The quantitative estimate of drug-likeness (QED) is 0.662. The zero-order chi connectivity index (χ0) is 21.4. The minimum Gasteiger partial charge on any atom is -0.487 e. The number of hydrogen-bond acceptors (Lipinski definition) is 5. The highest BCUT2D eigenvalue weighted by Gasteiger charge is 2.30. The molecule has 1 saturated heterocycles. The summed E-state index contributed by atoms with van der Waals surface area (Å²) in [7, 11) is 1.67. The lowest BCUT2D eigenvalue weighted by atomic mass is 9.95. The van der Waals surface area contributed by atoms with Crippen LogP contribution in [0.2, 0.25) is 0 Å². The van der Waals surface area contributed by atoms with Crippen molar-refractivity contribution in [1.29, 1.82) is 5.26 Å². The van der Waals surface area contributed by atoms with Gasteiger partial charge in [-0.3, -0.25) is 4.79 Å². The second-order valence-electron chi connectivity index (χ2n) is 7.55.